The smallest absolute Gasteiger partial charge is 0.193 e. The minimum Gasteiger partial charge on any atom is -0.497 e. The molecule has 2 aliphatic heterocycles. The molecule has 2 heterocycles. The lowest BCUT2D eigenvalue weighted by Gasteiger charge is -2.32. The van der Waals surface area contributed by atoms with Crippen LogP contribution in [0.5, 0.6) is 11.5 Å². The van der Waals surface area contributed by atoms with E-state index in [1.54, 1.807) is 14.2 Å². The lowest BCUT2D eigenvalue weighted by atomic mass is 9.96. The van der Waals surface area contributed by atoms with E-state index in [-0.39, 0.29) is 5.78 Å². The first-order chi connectivity index (χ1) is 15.4. The number of benzene rings is 2. The second kappa shape index (κ2) is 7.69. The lowest BCUT2D eigenvalue weighted by molar-refractivity contribution is -0.118. The number of ketones is 1. The van der Waals surface area contributed by atoms with Crippen molar-refractivity contribution in [2.24, 2.45) is 10.9 Å². The maximum atomic E-state index is 13.8. The van der Waals surface area contributed by atoms with Gasteiger partial charge in [-0.1, -0.05) is 18.2 Å². The summed E-state index contributed by atoms with van der Waals surface area (Å²) in [6, 6.07) is 13.9. The fourth-order valence-electron chi connectivity index (χ4n) is 4.53. The van der Waals surface area contributed by atoms with Crippen molar-refractivity contribution in [3.05, 3.63) is 59.3 Å². The van der Waals surface area contributed by atoms with Crippen LogP contribution in [-0.4, -0.2) is 37.9 Å². The van der Waals surface area contributed by atoms with Crippen LogP contribution in [0.2, 0.25) is 0 Å². The Labute approximate surface area is 188 Å². The van der Waals surface area contributed by atoms with Gasteiger partial charge in [-0.15, -0.1) is 0 Å². The first kappa shape index (κ1) is 20.6. The number of allylic oxidation sites excluding steroid dienone is 1. The Kier molecular flexibility index (Phi) is 4.96. The number of para-hydroxylation sites is 1. The van der Waals surface area contributed by atoms with Crippen LogP contribution < -0.4 is 19.7 Å². The number of amidine groups is 1. The highest BCUT2D eigenvalue weighted by Gasteiger charge is 2.50. The summed E-state index contributed by atoms with van der Waals surface area (Å²) in [7, 11) is 3.27. The van der Waals surface area contributed by atoms with E-state index in [4.69, 9.17) is 14.5 Å². The van der Waals surface area contributed by atoms with Gasteiger partial charge < -0.3 is 19.7 Å². The molecule has 166 valence electrons. The van der Waals surface area contributed by atoms with E-state index < -0.39 is 5.54 Å². The minimum absolute atomic E-state index is 0.0733. The lowest BCUT2D eigenvalue weighted by Crippen LogP contribution is -2.44. The second-order valence-electron chi connectivity index (χ2n) is 9.21. The normalized spacial score (nSPS) is 22.8. The quantitative estimate of drug-likeness (QED) is 0.701. The number of rotatable bonds is 5. The summed E-state index contributed by atoms with van der Waals surface area (Å²) >= 11 is 0. The van der Waals surface area contributed by atoms with Crippen molar-refractivity contribution in [1.82, 2.24) is 0 Å². The van der Waals surface area contributed by atoms with Crippen LogP contribution in [0, 0.1) is 5.92 Å². The molecule has 2 aromatic carbocycles. The van der Waals surface area contributed by atoms with E-state index in [0.717, 1.165) is 29.5 Å². The molecule has 0 aromatic heterocycles. The third kappa shape index (κ3) is 3.44. The summed E-state index contributed by atoms with van der Waals surface area (Å²) < 4.78 is 11.0. The van der Waals surface area contributed by atoms with Gasteiger partial charge in [-0.05, 0) is 44.2 Å². The average molecular weight is 432 g/mol. The predicted octanol–water partition coefficient (Wildman–Crippen LogP) is 4.60. The van der Waals surface area contributed by atoms with E-state index in [9.17, 15) is 4.79 Å². The van der Waals surface area contributed by atoms with Gasteiger partial charge in [0.15, 0.2) is 5.78 Å². The van der Waals surface area contributed by atoms with Crippen LogP contribution in [0.1, 0.15) is 32.3 Å². The number of aliphatic imine (C=N–C) groups is 1. The molecular weight excluding hydrogens is 402 g/mol. The zero-order valence-corrected chi connectivity index (χ0v) is 19.1. The Hall–Kier alpha value is -3.28. The summed E-state index contributed by atoms with van der Waals surface area (Å²) in [6.45, 7) is 4.66. The van der Waals surface area contributed by atoms with Crippen molar-refractivity contribution in [2.75, 3.05) is 31.0 Å². The number of anilines is 2. The van der Waals surface area contributed by atoms with Gasteiger partial charge in [-0.2, -0.15) is 0 Å². The van der Waals surface area contributed by atoms with Crippen molar-refractivity contribution in [1.29, 1.82) is 0 Å². The number of nitrogens with zero attached hydrogens (tertiary/aromatic N) is 2. The zero-order valence-electron chi connectivity index (χ0n) is 19.1. The molecule has 32 heavy (non-hydrogen) atoms. The molecule has 0 amide bonds. The van der Waals surface area contributed by atoms with Gasteiger partial charge >= 0.3 is 0 Å². The van der Waals surface area contributed by atoms with Crippen LogP contribution >= 0.6 is 0 Å². The Morgan fingerprint density at radius 3 is 2.41 bits per heavy atom. The fraction of sp³-hybridized carbons (Fsp3) is 0.385. The van der Waals surface area contributed by atoms with Gasteiger partial charge in [0, 0.05) is 42.5 Å². The first-order valence-corrected chi connectivity index (χ1v) is 11.1. The molecule has 5 rings (SSSR count). The van der Waals surface area contributed by atoms with E-state index >= 15 is 0 Å². The van der Waals surface area contributed by atoms with Crippen LogP contribution in [0.15, 0.2) is 58.7 Å². The maximum Gasteiger partial charge on any atom is 0.193 e. The van der Waals surface area contributed by atoms with E-state index in [0.29, 0.717) is 29.4 Å². The number of Topliss-reactive ketones (excluding diaryl/α,β-unsaturated/α-hetero) is 1. The van der Waals surface area contributed by atoms with Crippen LogP contribution in [0.4, 0.5) is 11.4 Å². The molecule has 0 spiro atoms. The number of carbonyl (C=O) groups excluding carboxylic acids is 1. The van der Waals surface area contributed by atoms with Crippen molar-refractivity contribution < 1.29 is 14.3 Å². The predicted molar refractivity (Wildman–Crippen MR) is 127 cm³/mol. The van der Waals surface area contributed by atoms with Gasteiger partial charge in [0.2, 0.25) is 0 Å². The van der Waals surface area contributed by atoms with Gasteiger partial charge in [0.25, 0.3) is 0 Å². The monoisotopic (exact) mass is 431 g/mol. The van der Waals surface area contributed by atoms with E-state index in [1.807, 2.05) is 44.2 Å². The Morgan fingerprint density at radius 2 is 1.78 bits per heavy atom. The van der Waals surface area contributed by atoms with Gasteiger partial charge in [-0.3, -0.25) is 9.79 Å². The molecule has 0 bridgehead atoms. The average Bonchev–Trinajstić information content (AvgIpc) is 3.48. The molecule has 0 radical (unpaired) electrons. The Bertz CT molecular complexity index is 1100. The fourth-order valence-corrected chi connectivity index (χ4v) is 4.53. The number of hydrogen-bond donors (Lipinski definition) is 1. The van der Waals surface area contributed by atoms with E-state index in [2.05, 4.69) is 22.3 Å². The molecule has 1 N–H and O–H groups in total. The zero-order chi connectivity index (χ0) is 22.5. The largest absolute Gasteiger partial charge is 0.497 e. The number of nitrogens with one attached hydrogen (secondary N) is 1. The van der Waals surface area contributed by atoms with Crippen LogP contribution in [0.3, 0.4) is 0 Å². The summed E-state index contributed by atoms with van der Waals surface area (Å²) in [4.78, 5) is 20.9. The molecule has 6 nitrogen and oxygen atoms in total. The summed E-state index contributed by atoms with van der Waals surface area (Å²) in [5, 5.41) is 3.50. The van der Waals surface area contributed by atoms with Crippen molar-refractivity contribution in [2.45, 2.75) is 38.6 Å². The molecule has 1 saturated carbocycles. The topological polar surface area (TPSA) is 63.2 Å². The Balaban J connectivity index is 1.66. The highest BCUT2D eigenvalue weighted by atomic mass is 16.5. The molecular formula is C26H29N3O3. The number of ether oxygens (including phenoxy) is 2. The Morgan fingerprint density at radius 1 is 1.09 bits per heavy atom. The summed E-state index contributed by atoms with van der Waals surface area (Å²) in [6.07, 6.45) is 3.11. The number of carbonyl (C=O) groups is 1. The van der Waals surface area contributed by atoms with Gasteiger partial charge in [0.1, 0.15) is 22.9 Å². The summed E-state index contributed by atoms with van der Waals surface area (Å²) in [5.41, 5.74) is 3.91. The van der Waals surface area contributed by atoms with Crippen molar-refractivity contribution >= 4 is 23.0 Å². The van der Waals surface area contributed by atoms with E-state index in [1.165, 1.54) is 18.4 Å². The van der Waals surface area contributed by atoms with Crippen LogP contribution in [0.25, 0.3) is 0 Å². The maximum absolute atomic E-state index is 13.8. The molecule has 6 heteroatoms. The summed E-state index contributed by atoms with van der Waals surface area (Å²) in [5.74, 6) is 2.78. The molecule has 2 fully saturated rings. The standard InChI is InChI=1S/C26H29N3O3/c1-26(2)24(30)23(22-11-17-7-5-6-8-21(17)28-22)25(27-15-16-9-10-16)29(26)18-12-19(31-3)14-20(13-18)32-4/h5-8,12-14,16,28H,9-11,15H2,1-4H3. The number of fused-ring (bicyclic) bond motifs is 1. The second-order valence-corrected chi connectivity index (χ2v) is 9.21. The van der Waals surface area contributed by atoms with Crippen molar-refractivity contribution in [3.8, 4) is 11.5 Å². The van der Waals surface area contributed by atoms with Gasteiger partial charge in [-0.25, -0.2) is 0 Å². The van der Waals surface area contributed by atoms with Crippen LogP contribution in [-0.2, 0) is 11.2 Å². The third-order valence-corrected chi connectivity index (χ3v) is 6.54. The SMILES string of the molecule is COc1cc(OC)cc(N2C(=NCC3CC3)C(=C3Cc4ccccc4N3)C(=O)C2(C)C)c1. The third-order valence-electron chi connectivity index (χ3n) is 6.54. The van der Waals surface area contributed by atoms with Crippen molar-refractivity contribution in [3.63, 3.8) is 0 Å². The molecule has 3 aliphatic rings. The number of methoxy groups -OCH3 is 2. The molecule has 1 aliphatic carbocycles. The van der Waals surface area contributed by atoms with Gasteiger partial charge in [0.05, 0.1) is 25.5 Å². The molecule has 0 atom stereocenters. The first-order valence-electron chi connectivity index (χ1n) is 11.1. The molecule has 2 aromatic rings. The minimum atomic E-state index is -0.793. The number of hydrogen-bond acceptors (Lipinski definition) is 5. The molecule has 0 unspecified atom stereocenters. The highest BCUT2D eigenvalue weighted by Crippen LogP contribution is 2.42. The molecule has 1 saturated heterocycles. The highest BCUT2D eigenvalue weighted by molar-refractivity contribution is 6.37.